The molecule has 0 spiro atoms. The summed E-state index contributed by atoms with van der Waals surface area (Å²) in [6.07, 6.45) is 4.28. The van der Waals surface area contributed by atoms with Gasteiger partial charge in [0.25, 0.3) is 0 Å². The van der Waals surface area contributed by atoms with Crippen LogP contribution in [0.4, 0.5) is 0 Å². The van der Waals surface area contributed by atoms with Crippen LogP contribution in [0.3, 0.4) is 0 Å². The molecule has 0 N–H and O–H groups in total. The van der Waals surface area contributed by atoms with Crippen LogP contribution < -0.4 is 0 Å². The number of aldehydes is 1. The minimum Gasteiger partial charge on any atom is -0.448 e. The summed E-state index contributed by atoms with van der Waals surface area (Å²) < 4.78 is 5.27. The van der Waals surface area contributed by atoms with Crippen molar-refractivity contribution in [1.29, 1.82) is 0 Å². The number of hydrogen-bond donors (Lipinski definition) is 0. The number of piperidine rings is 1. The lowest BCUT2D eigenvalue weighted by atomic mass is 9.97. The molecule has 0 aliphatic carbocycles. The summed E-state index contributed by atoms with van der Waals surface area (Å²) >= 11 is 0. The topological polar surface area (TPSA) is 46.3 Å². The number of aromatic nitrogens is 1. The standard InChI is InChI=1S/C10H14N2O2/c1-12-4-2-8(3-5-12)10-11-9(6-13)7-14-10/h6-8H,2-5H2,1H3. The van der Waals surface area contributed by atoms with Gasteiger partial charge in [0.1, 0.15) is 12.0 Å². The van der Waals surface area contributed by atoms with Gasteiger partial charge >= 0.3 is 0 Å². The summed E-state index contributed by atoms with van der Waals surface area (Å²) in [6, 6.07) is 0. The Hall–Kier alpha value is -1.16. The Kier molecular flexibility index (Phi) is 2.63. The lowest BCUT2D eigenvalue weighted by molar-refractivity contribution is 0.111. The molecule has 1 fully saturated rings. The highest BCUT2D eigenvalue weighted by Crippen LogP contribution is 2.26. The minimum absolute atomic E-state index is 0.389. The van der Waals surface area contributed by atoms with E-state index in [0.29, 0.717) is 11.6 Å². The van der Waals surface area contributed by atoms with E-state index in [1.54, 1.807) is 0 Å². The fraction of sp³-hybridized carbons (Fsp3) is 0.600. The van der Waals surface area contributed by atoms with Gasteiger partial charge in [-0.05, 0) is 33.0 Å². The number of likely N-dealkylation sites (tertiary alicyclic amines) is 1. The van der Waals surface area contributed by atoms with Crippen molar-refractivity contribution in [3.05, 3.63) is 17.8 Å². The molecule has 0 radical (unpaired) electrons. The highest BCUT2D eigenvalue weighted by Gasteiger charge is 2.22. The first kappa shape index (κ1) is 9.40. The van der Waals surface area contributed by atoms with Crippen molar-refractivity contribution in [2.45, 2.75) is 18.8 Å². The van der Waals surface area contributed by atoms with E-state index in [-0.39, 0.29) is 0 Å². The third kappa shape index (κ3) is 1.85. The van der Waals surface area contributed by atoms with Gasteiger partial charge in [-0.25, -0.2) is 4.98 Å². The van der Waals surface area contributed by atoms with Crippen molar-refractivity contribution in [3.63, 3.8) is 0 Å². The summed E-state index contributed by atoms with van der Waals surface area (Å²) in [4.78, 5) is 16.8. The second-order valence-corrected chi connectivity index (χ2v) is 3.81. The molecule has 2 heterocycles. The number of oxazole rings is 1. The highest BCUT2D eigenvalue weighted by molar-refractivity contribution is 5.70. The number of rotatable bonds is 2. The largest absolute Gasteiger partial charge is 0.448 e. The SMILES string of the molecule is CN1CCC(c2nc(C=O)co2)CC1. The zero-order valence-corrected chi connectivity index (χ0v) is 8.27. The van der Waals surface area contributed by atoms with Gasteiger partial charge in [-0.1, -0.05) is 0 Å². The molecule has 2 rings (SSSR count). The van der Waals surface area contributed by atoms with Crippen molar-refractivity contribution in [2.24, 2.45) is 0 Å². The molecule has 4 heteroatoms. The van der Waals surface area contributed by atoms with Gasteiger partial charge in [0.2, 0.25) is 0 Å². The molecule has 1 aliphatic heterocycles. The van der Waals surface area contributed by atoms with Gasteiger partial charge in [0, 0.05) is 5.92 Å². The van der Waals surface area contributed by atoms with Crippen molar-refractivity contribution in [3.8, 4) is 0 Å². The molecule has 76 valence electrons. The molecule has 0 bridgehead atoms. The third-order valence-corrected chi connectivity index (χ3v) is 2.73. The van der Waals surface area contributed by atoms with Crippen LogP contribution in [0.1, 0.15) is 35.1 Å². The average molecular weight is 194 g/mol. The molecular formula is C10H14N2O2. The van der Waals surface area contributed by atoms with Gasteiger partial charge in [-0.3, -0.25) is 4.79 Å². The fourth-order valence-corrected chi connectivity index (χ4v) is 1.80. The molecule has 1 aromatic rings. The maximum Gasteiger partial charge on any atom is 0.197 e. The predicted molar refractivity (Wildman–Crippen MR) is 51.4 cm³/mol. The Balaban J connectivity index is 2.04. The van der Waals surface area contributed by atoms with Crippen LogP contribution >= 0.6 is 0 Å². The highest BCUT2D eigenvalue weighted by atomic mass is 16.3. The number of hydrogen-bond acceptors (Lipinski definition) is 4. The molecule has 0 aromatic carbocycles. The number of nitrogens with zero attached hydrogens (tertiary/aromatic N) is 2. The number of carbonyl (C=O) groups excluding carboxylic acids is 1. The summed E-state index contributed by atoms with van der Waals surface area (Å²) in [6.45, 7) is 2.15. The maximum absolute atomic E-state index is 10.4. The first-order valence-electron chi connectivity index (χ1n) is 4.88. The van der Waals surface area contributed by atoms with Gasteiger partial charge < -0.3 is 9.32 Å². The molecule has 1 saturated heterocycles. The van der Waals surface area contributed by atoms with Gasteiger partial charge in [0.15, 0.2) is 12.2 Å². The van der Waals surface area contributed by atoms with Crippen LogP contribution in [-0.2, 0) is 0 Å². The van der Waals surface area contributed by atoms with Gasteiger partial charge in [-0.15, -0.1) is 0 Å². The van der Waals surface area contributed by atoms with E-state index in [0.717, 1.165) is 38.1 Å². The quantitative estimate of drug-likeness (QED) is 0.666. The maximum atomic E-state index is 10.4. The third-order valence-electron chi connectivity index (χ3n) is 2.73. The van der Waals surface area contributed by atoms with Crippen LogP contribution in [0, 0.1) is 0 Å². The van der Waals surface area contributed by atoms with Crippen molar-refractivity contribution >= 4 is 6.29 Å². The molecular weight excluding hydrogens is 180 g/mol. The summed E-state index contributed by atoms with van der Waals surface area (Å²) in [5.74, 6) is 1.11. The zero-order valence-electron chi connectivity index (χ0n) is 8.27. The predicted octanol–water partition coefficient (Wildman–Crippen LogP) is 1.30. The molecule has 4 nitrogen and oxygen atoms in total. The first-order valence-corrected chi connectivity index (χ1v) is 4.88. The van der Waals surface area contributed by atoms with Crippen molar-refractivity contribution in [2.75, 3.05) is 20.1 Å². The molecule has 1 aromatic heterocycles. The van der Waals surface area contributed by atoms with E-state index in [1.807, 2.05) is 0 Å². The van der Waals surface area contributed by atoms with E-state index >= 15 is 0 Å². The minimum atomic E-state index is 0.389. The lowest BCUT2D eigenvalue weighted by Crippen LogP contribution is -2.29. The Morgan fingerprint density at radius 3 is 2.86 bits per heavy atom. The second-order valence-electron chi connectivity index (χ2n) is 3.81. The molecule has 14 heavy (non-hydrogen) atoms. The first-order chi connectivity index (χ1) is 6.79. The normalized spacial score (nSPS) is 19.8. The molecule has 0 unspecified atom stereocenters. The lowest BCUT2D eigenvalue weighted by Gasteiger charge is -2.26. The monoisotopic (exact) mass is 194 g/mol. The van der Waals surface area contributed by atoms with Crippen LogP contribution in [0.25, 0.3) is 0 Å². The fourth-order valence-electron chi connectivity index (χ4n) is 1.80. The average Bonchev–Trinajstić information content (AvgIpc) is 2.67. The van der Waals surface area contributed by atoms with E-state index in [9.17, 15) is 4.79 Å². The Morgan fingerprint density at radius 2 is 2.29 bits per heavy atom. The van der Waals surface area contributed by atoms with Crippen LogP contribution in [0.15, 0.2) is 10.7 Å². The van der Waals surface area contributed by atoms with Crippen LogP contribution in [0.2, 0.25) is 0 Å². The summed E-state index contributed by atoms with van der Waals surface area (Å²) in [5.41, 5.74) is 0.402. The van der Waals surface area contributed by atoms with Gasteiger partial charge in [-0.2, -0.15) is 0 Å². The molecule has 0 saturated carbocycles. The summed E-state index contributed by atoms with van der Waals surface area (Å²) in [5, 5.41) is 0. The van der Waals surface area contributed by atoms with E-state index < -0.39 is 0 Å². The second kappa shape index (κ2) is 3.92. The molecule has 0 atom stereocenters. The Labute approximate surface area is 82.9 Å². The smallest absolute Gasteiger partial charge is 0.197 e. The van der Waals surface area contributed by atoms with Gasteiger partial charge in [0.05, 0.1) is 0 Å². The van der Waals surface area contributed by atoms with Crippen molar-refractivity contribution < 1.29 is 9.21 Å². The van der Waals surface area contributed by atoms with Crippen LogP contribution in [-0.4, -0.2) is 36.3 Å². The Bertz CT molecular complexity index is 314. The van der Waals surface area contributed by atoms with Crippen molar-refractivity contribution in [1.82, 2.24) is 9.88 Å². The summed E-state index contributed by atoms with van der Waals surface area (Å²) in [7, 11) is 2.11. The van der Waals surface area contributed by atoms with E-state index in [1.165, 1.54) is 6.26 Å². The van der Waals surface area contributed by atoms with E-state index in [4.69, 9.17) is 4.42 Å². The number of carbonyl (C=O) groups is 1. The molecule has 1 aliphatic rings. The van der Waals surface area contributed by atoms with E-state index in [2.05, 4.69) is 16.9 Å². The Morgan fingerprint density at radius 1 is 1.57 bits per heavy atom. The van der Waals surface area contributed by atoms with Crippen LogP contribution in [0.5, 0.6) is 0 Å². The zero-order chi connectivity index (χ0) is 9.97. The molecule has 0 amide bonds.